The molecule has 0 aliphatic heterocycles. The van der Waals surface area contributed by atoms with Crippen molar-refractivity contribution in [1.82, 2.24) is 0 Å². The van der Waals surface area contributed by atoms with Crippen LogP contribution in [0.25, 0.3) is 0 Å². The van der Waals surface area contributed by atoms with E-state index in [0.29, 0.717) is 19.6 Å². The minimum atomic E-state index is -0.220. The van der Waals surface area contributed by atoms with E-state index in [0.717, 1.165) is 11.4 Å². The molecule has 1 aromatic carbocycles. The zero-order valence-corrected chi connectivity index (χ0v) is 12.2. The Balaban J connectivity index is 2.46. The molecule has 0 fully saturated rings. The molecule has 1 rings (SSSR count). The van der Waals surface area contributed by atoms with E-state index in [-0.39, 0.29) is 11.5 Å². The molecule has 4 heteroatoms. The Kier molecular flexibility index (Phi) is 5.83. The van der Waals surface area contributed by atoms with Crippen LogP contribution in [0.15, 0.2) is 24.3 Å². The summed E-state index contributed by atoms with van der Waals surface area (Å²) in [5.74, 6) is 0.748. The number of rotatable bonds is 6. The van der Waals surface area contributed by atoms with Crippen LogP contribution >= 0.6 is 0 Å². The highest BCUT2D eigenvalue weighted by Gasteiger charge is 2.11. The van der Waals surface area contributed by atoms with Crippen LogP contribution in [0, 0.1) is 0 Å². The molecule has 0 aliphatic carbocycles. The fourth-order valence-electron chi connectivity index (χ4n) is 1.49. The van der Waals surface area contributed by atoms with E-state index in [9.17, 15) is 4.79 Å². The van der Waals surface area contributed by atoms with Crippen molar-refractivity contribution in [2.75, 3.05) is 18.5 Å². The normalized spacial score (nSPS) is 11.2. The standard InChI is InChI=1S/C15H23NO3/c1-5-18-11-10-14(17)16-12-6-8-13(9-7-12)19-15(2,3)4/h6-9H,5,10-11H2,1-4H3,(H,16,17). The summed E-state index contributed by atoms with van der Waals surface area (Å²) in [6.07, 6.45) is 0.369. The third kappa shape index (κ3) is 6.82. The molecular formula is C15H23NO3. The van der Waals surface area contributed by atoms with Crippen LogP contribution in [-0.4, -0.2) is 24.7 Å². The van der Waals surface area contributed by atoms with Crippen molar-refractivity contribution >= 4 is 11.6 Å². The topological polar surface area (TPSA) is 47.6 Å². The van der Waals surface area contributed by atoms with Gasteiger partial charge >= 0.3 is 0 Å². The monoisotopic (exact) mass is 265 g/mol. The summed E-state index contributed by atoms with van der Waals surface area (Å²) in [6, 6.07) is 7.37. The maximum absolute atomic E-state index is 11.6. The number of benzene rings is 1. The van der Waals surface area contributed by atoms with Crippen LogP contribution in [-0.2, 0) is 9.53 Å². The Morgan fingerprint density at radius 2 is 1.84 bits per heavy atom. The lowest BCUT2D eigenvalue weighted by Gasteiger charge is -2.21. The van der Waals surface area contributed by atoms with Gasteiger partial charge in [-0.15, -0.1) is 0 Å². The van der Waals surface area contributed by atoms with Gasteiger partial charge in [0, 0.05) is 12.3 Å². The van der Waals surface area contributed by atoms with Crippen LogP contribution in [0.1, 0.15) is 34.1 Å². The minimum absolute atomic E-state index is 0.0436. The first kappa shape index (κ1) is 15.5. The Labute approximate surface area is 115 Å². The molecule has 0 radical (unpaired) electrons. The summed E-state index contributed by atoms with van der Waals surface area (Å²) in [5, 5.41) is 2.82. The van der Waals surface area contributed by atoms with Gasteiger partial charge in [0.25, 0.3) is 0 Å². The van der Waals surface area contributed by atoms with Crippen molar-refractivity contribution < 1.29 is 14.3 Å². The van der Waals surface area contributed by atoms with Gasteiger partial charge in [-0.05, 0) is 52.0 Å². The van der Waals surface area contributed by atoms with Gasteiger partial charge in [0.1, 0.15) is 11.4 Å². The molecule has 1 amide bonds. The first-order valence-electron chi connectivity index (χ1n) is 6.57. The number of anilines is 1. The van der Waals surface area contributed by atoms with Gasteiger partial charge in [-0.3, -0.25) is 4.79 Å². The van der Waals surface area contributed by atoms with E-state index in [4.69, 9.17) is 9.47 Å². The summed E-state index contributed by atoms with van der Waals surface area (Å²) in [6.45, 7) is 8.98. The second kappa shape index (κ2) is 7.14. The SMILES string of the molecule is CCOCCC(=O)Nc1ccc(OC(C)(C)C)cc1. The number of hydrogen-bond acceptors (Lipinski definition) is 3. The fourth-order valence-corrected chi connectivity index (χ4v) is 1.49. The maximum atomic E-state index is 11.6. The van der Waals surface area contributed by atoms with E-state index in [2.05, 4.69) is 5.32 Å². The van der Waals surface area contributed by atoms with Gasteiger partial charge < -0.3 is 14.8 Å². The third-order valence-electron chi connectivity index (χ3n) is 2.24. The largest absolute Gasteiger partial charge is 0.488 e. The number of amides is 1. The molecule has 106 valence electrons. The molecule has 4 nitrogen and oxygen atoms in total. The number of carbonyl (C=O) groups is 1. The van der Waals surface area contributed by atoms with E-state index in [1.165, 1.54) is 0 Å². The molecule has 0 bridgehead atoms. The van der Waals surface area contributed by atoms with Crippen molar-refractivity contribution in [2.45, 2.75) is 39.7 Å². The summed E-state index contributed by atoms with van der Waals surface area (Å²) in [5.41, 5.74) is 0.546. The molecule has 0 aromatic heterocycles. The Morgan fingerprint density at radius 1 is 1.21 bits per heavy atom. The molecule has 0 saturated heterocycles. The van der Waals surface area contributed by atoms with Gasteiger partial charge in [0.15, 0.2) is 0 Å². The summed E-state index contributed by atoms with van der Waals surface area (Å²) < 4.78 is 10.8. The van der Waals surface area contributed by atoms with E-state index in [1.54, 1.807) is 0 Å². The van der Waals surface area contributed by atoms with E-state index < -0.39 is 0 Å². The van der Waals surface area contributed by atoms with Crippen LogP contribution < -0.4 is 10.1 Å². The molecular weight excluding hydrogens is 242 g/mol. The maximum Gasteiger partial charge on any atom is 0.226 e. The van der Waals surface area contributed by atoms with Crippen LogP contribution in [0.4, 0.5) is 5.69 Å². The van der Waals surface area contributed by atoms with Crippen molar-refractivity contribution in [3.8, 4) is 5.75 Å². The zero-order chi connectivity index (χ0) is 14.3. The van der Waals surface area contributed by atoms with Gasteiger partial charge in [-0.2, -0.15) is 0 Å². The summed E-state index contributed by atoms with van der Waals surface area (Å²) in [4.78, 5) is 11.6. The number of hydrogen-bond donors (Lipinski definition) is 1. The van der Waals surface area contributed by atoms with E-state index in [1.807, 2.05) is 52.0 Å². The smallest absolute Gasteiger partial charge is 0.226 e. The Morgan fingerprint density at radius 3 is 2.37 bits per heavy atom. The zero-order valence-electron chi connectivity index (χ0n) is 12.2. The second-order valence-electron chi connectivity index (χ2n) is 5.23. The number of carbonyl (C=O) groups excluding carboxylic acids is 1. The highest BCUT2D eigenvalue weighted by atomic mass is 16.5. The molecule has 0 saturated carbocycles. The highest BCUT2D eigenvalue weighted by Crippen LogP contribution is 2.20. The molecule has 0 atom stereocenters. The Bertz CT molecular complexity index is 393. The van der Waals surface area contributed by atoms with Gasteiger partial charge in [-0.1, -0.05) is 0 Å². The first-order valence-corrected chi connectivity index (χ1v) is 6.57. The average Bonchev–Trinajstić information content (AvgIpc) is 2.30. The second-order valence-corrected chi connectivity index (χ2v) is 5.23. The Hall–Kier alpha value is -1.55. The molecule has 1 aromatic rings. The van der Waals surface area contributed by atoms with Crippen molar-refractivity contribution in [2.24, 2.45) is 0 Å². The van der Waals surface area contributed by atoms with Crippen LogP contribution in [0.3, 0.4) is 0 Å². The lowest BCUT2D eigenvalue weighted by atomic mass is 10.2. The van der Waals surface area contributed by atoms with E-state index >= 15 is 0 Å². The fraction of sp³-hybridized carbons (Fsp3) is 0.533. The van der Waals surface area contributed by atoms with Crippen molar-refractivity contribution in [3.63, 3.8) is 0 Å². The summed E-state index contributed by atoms with van der Waals surface area (Å²) in [7, 11) is 0. The first-order chi connectivity index (χ1) is 8.90. The molecule has 0 unspecified atom stereocenters. The molecule has 1 N–H and O–H groups in total. The minimum Gasteiger partial charge on any atom is -0.488 e. The number of ether oxygens (including phenoxy) is 2. The molecule has 0 spiro atoms. The lowest BCUT2D eigenvalue weighted by molar-refractivity contribution is -0.117. The van der Waals surface area contributed by atoms with Crippen LogP contribution in [0.5, 0.6) is 5.75 Å². The predicted octanol–water partition coefficient (Wildman–Crippen LogP) is 3.23. The molecule has 0 aliphatic rings. The predicted molar refractivity (Wildman–Crippen MR) is 76.6 cm³/mol. The van der Waals surface area contributed by atoms with Crippen molar-refractivity contribution in [3.05, 3.63) is 24.3 Å². The lowest BCUT2D eigenvalue weighted by Crippen LogP contribution is -2.22. The van der Waals surface area contributed by atoms with Crippen molar-refractivity contribution in [1.29, 1.82) is 0 Å². The molecule has 19 heavy (non-hydrogen) atoms. The quantitative estimate of drug-likeness (QED) is 0.803. The van der Waals surface area contributed by atoms with Gasteiger partial charge in [-0.25, -0.2) is 0 Å². The summed E-state index contributed by atoms with van der Waals surface area (Å²) >= 11 is 0. The highest BCUT2D eigenvalue weighted by molar-refractivity contribution is 5.90. The van der Waals surface area contributed by atoms with Crippen LogP contribution in [0.2, 0.25) is 0 Å². The van der Waals surface area contributed by atoms with Gasteiger partial charge in [0.05, 0.1) is 13.0 Å². The average molecular weight is 265 g/mol. The molecule has 0 heterocycles. The number of nitrogens with one attached hydrogen (secondary N) is 1. The van der Waals surface area contributed by atoms with Gasteiger partial charge in [0.2, 0.25) is 5.91 Å². The third-order valence-corrected chi connectivity index (χ3v) is 2.24.